The number of rotatable bonds is 5. The molecule has 0 spiro atoms. The number of benzene rings is 3. The van der Waals surface area contributed by atoms with Gasteiger partial charge in [-0.05, 0) is 90.3 Å². The molecule has 3 aliphatic carbocycles. The maximum Gasteiger partial charge on any atom is 0.130 e. The van der Waals surface area contributed by atoms with Gasteiger partial charge >= 0.3 is 0 Å². The van der Waals surface area contributed by atoms with Crippen LogP contribution >= 0.6 is 0 Å². The predicted octanol–water partition coefficient (Wildman–Crippen LogP) is 9.00. The van der Waals surface area contributed by atoms with Crippen molar-refractivity contribution in [2.75, 3.05) is 0 Å². The van der Waals surface area contributed by atoms with Crippen LogP contribution in [0.1, 0.15) is 49.1 Å². The summed E-state index contributed by atoms with van der Waals surface area (Å²) in [6.45, 7) is 0. The number of nitrogens with one attached hydrogen (secondary N) is 1. The first-order chi connectivity index (χ1) is 18.8. The van der Waals surface area contributed by atoms with E-state index in [1.54, 1.807) is 0 Å². The molecular formula is C36H31NO. The average Bonchev–Trinajstić information content (AvgIpc) is 3.36. The number of ether oxygens (including phenoxy) is 1. The number of allylic oxidation sites excluding steroid dienone is 11. The van der Waals surface area contributed by atoms with Crippen LogP contribution < -0.4 is 10.1 Å². The standard InChI is InChI=1S/C36H31NO/c1-4-10-25(11-5-1)28-18-21-35-33(22-28)34-24-29(23-32(36(34)38-35)27-12-6-2-7-13-27)26-16-19-31(20-17-26)37-30-14-8-3-9-15-30/h1-2,4-8,10-16,18-19,21-23,34,37H,3,9,17,20,24H2. The quantitative estimate of drug-likeness (QED) is 0.383. The molecule has 186 valence electrons. The Kier molecular flexibility index (Phi) is 5.94. The number of fused-ring (bicyclic) bond motifs is 3. The van der Waals surface area contributed by atoms with Gasteiger partial charge in [-0.15, -0.1) is 0 Å². The molecule has 2 heteroatoms. The first-order valence-electron chi connectivity index (χ1n) is 13.7. The van der Waals surface area contributed by atoms with Crippen LogP contribution in [0.3, 0.4) is 0 Å². The van der Waals surface area contributed by atoms with Gasteiger partial charge in [-0.1, -0.05) is 85.0 Å². The minimum atomic E-state index is 0.228. The normalized spacial score (nSPS) is 19.9. The highest BCUT2D eigenvalue weighted by Crippen LogP contribution is 2.52. The summed E-state index contributed by atoms with van der Waals surface area (Å²) in [6, 6.07) is 28.0. The Labute approximate surface area is 225 Å². The summed E-state index contributed by atoms with van der Waals surface area (Å²) in [7, 11) is 0. The van der Waals surface area contributed by atoms with E-state index in [1.165, 1.54) is 50.4 Å². The summed E-state index contributed by atoms with van der Waals surface area (Å²) in [4.78, 5) is 0. The molecule has 2 nitrogen and oxygen atoms in total. The molecule has 1 atom stereocenters. The van der Waals surface area contributed by atoms with E-state index in [1.807, 2.05) is 0 Å². The van der Waals surface area contributed by atoms with Crippen LogP contribution in [0.4, 0.5) is 0 Å². The molecular weight excluding hydrogens is 462 g/mol. The van der Waals surface area contributed by atoms with Crippen LogP contribution in [0.15, 0.2) is 144 Å². The van der Waals surface area contributed by atoms with Gasteiger partial charge in [0.25, 0.3) is 0 Å². The molecule has 4 aliphatic rings. The topological polar surface area (TPSA) is 21.3 Å². The van der Waals surface area contributed by atoms with Crippen molar-refractivity contribution in [1.29, 1.82) is 0 Å². The van der Waals surface area contributed by atoms with Gasteiger partial charge in [0.2, 0.25) is 0 Å². The average molecular weight is 494 g/mol. The zero-order chi connectivity index (χ0) is 25.3. The predicted molar refractivity (Wildman–Crippen MR) is 156 cm³/mol. The Balaban J connectivity index is 1.25. The third kappa shape index (κ3) is 4.37. The third-order valence-corrected chi connectivity index (χ3v) is 7.98. The molecule has 1 heterocycles. The second kappa shape index (κ2) is 9.87. The Morgan fingerprint density at radius 2 is 1.55 bits per heavy atom. The highest BCUT2D eigenvalue weighted by Gasteiger charge is 2.36. The van der Waals surface area contributed by atoms with E-state index in [4.69, 9.17) is 4.74 Å². The molecule has 38 heavy (non-hydrogen) atoms. The largest absolute Gasteiger partial charge is 0.460 e. The second-order valence-electron chi connectivity index (χ2n) is 10.4. The molecule has 3 aromatic carbocycles. The smallest absolute Gasteiger partial charge is 0.130 e. The second-order valence-corrected chi connectivity index (χ2v) is 10.4. The summed E-state index contributed by atoms with van der Waals surface area (Å²) < 4.78 is 6.59. The Morgan fingerprint density at radius 3 is 2.29 bits per heavy atom. The van der Waals surface area contributed by atoms with Gasteiger partial charge in [0.1, 0.15) is 11.5 Å². The van der Waals surface area contributed by atoms with E-state index < -0.39 is 0 Å². The van der Waals surface area contributed by atoms with Crippen LogP contribution in [0, 0.1) is 0 Å². The number of hydrogen-bond donors (Lipinski definition) is 1. The lowest BCUT2D eigenvalue weighted by Gasteiger charge is -2.26. The van der Waals surface area contributed by atoms with E-state index in [0.717, 1.165) is 43.6 Å². The molecule has 1 N–H and O–H groups in total. The minimum absolute atomic E-state index is 0.228. The molecule has 1 aliphatic heterocycles. The fraction of sp³-hybridized carbons (Fsp3) is 0.167. The van der Waals surface area contributed by atoms with Gasteiger partial charge in [-0.3, -0.25) is 0 Å². The van der Waals surface area contributed by atoms with Crippen LogP contribution in [0.2, 0.25) is 0 Å². The van der Waals surface area contributed by atoms with Gasteiger partial charge in [0.05, 0.1) is 5.92 Å². The maximum atomic E-state index is 6.59. The lowest BCUT2D eigenvalue weighted by atomic mass is 9.79. The van der Waals surface area contributed by atoms with Gasteiger partial charge < -0.3 is 10.1 Å². The first kappa shape index (κ1) is 22.9. The summed E-state index contributed by atoms with van der Waals surface area (Å²) >= 11 is 0. The van der Waals surface area contributed by atoms with Crippen molar-refractivity contribution in [1.82, 2.24) is 5.32 Å². The van der Waals surface area contributed by atoms with Crippen LogP contribution in [0.5, 0.6) is 5.75 Å². The van der Waals surface area contributed by atoms with Crippen LogP contribution in [-0.4, -0.2) is 0 Å². The van der Waals surface area contributed by atoms with Gasteiger partial charge in [-0.2, -0.15) is 0 Å². The Morgan fingerprint density at radius 1 is 0.737 bits per heavy atom. The Bertz CT molecular complexity index is 1560. The van der Waals surface area contributed by atoms with Gasteiger partial charge in [0.15, 0.2) is 0 Å². The zero-order valence-electron chi connectivity index (χ0n) is 21.5. The van der Waals surface area contributed by atoms with Gasteiger partial charge in [-0.25, -0.2) is 0 Å². The molecule has 0 bridgehead atoms. The highest BCUT2D eigenvalue weighted by molar-refractivity contribution is 5.82. The monoisotopic (exact) mass is 493 g/mol. The molecule has 0 amide bonds. The summed E-state index contributed by atoms with van der Waals surface area (Å²) in [5, 5.41) is 3.63. The van der Waals surface area contributed by atoms with Crippen molar-refractivity contribution in [2.45, 2.75) is 38.0 Å². The van der Waals surface area contributed by atoms with E-state index in [9.17, 15) is 0 Å². The first-order valence-corrected chi connectivity index (χ1v) is 13.7. The molecule has 0 saturated heterocycles. The molecule has 0 radical (unpaired) electrons. The summed E-state index contributed by atoms with van der Waals surface area (Å²) in [5.74, 6) is 2.31. The van der Waals surface area contributed by atoms with Gasteiger partial charge in [0, 0.05) is 22.5 Å². The third-order valence-electron chi connectivity index (χ3n) is 7.98. The van der Waals surface area contributed by atoms with E-state index >= 15 is 0 Å². The fourth-order valence-corrected chi connectivity index (χ4v) is 5.99. The van der Waals surface area contributed by atoms with Crippen LogP contribution in [0.25, 0.3) is 16.7 Å². The number of hydrogen-bond acceptors (Lipinski definition) is 2. The van der Waals surface area contributed by atoms with Crippen molar-refractivity contribution >= 4 is 5.57 Å². The molecule has 0 aromatic heterocycles. The summed E-state index contributed by atoms with van der Waals surface area (Å²) in [6.07, 6.45) is 19.0. The van der Waals surface area contributed by atoms with Crippen molar-refractivity contribution in [3.63, 3.8) is 0 Å². The summed E-state index contributed by atoms with van der Waals surface area (Å²) in [5.41, 5.74) is 11.6. The van der Waals surface area contributed by atoms with E-state index in [-0.39, 0.29) is 5.92 Å². The van der Waals surface area contributed by atoms with E-state index in [2.05, 4.69) is 121 Å². The Hall–Kier alpha value is -4.30. The molecule has 0 saturated carbocycles. The van der Waals surface area contributed by atoms with Crippen molar-refractivity contribution in [3.05, 3.63) is 155 Å². The molecule has 0 fully saturated rings. The maximum absolute atomic E-state index is 6.59. The van der Waals surface area contributed by atoms with Crippen molar-refractivity contribution in [2.24, 2.45) is 0 Å². The molecule has 3 aromatic rings. The highest BCUT2D eigenvalue weighted by atomic mass is 16.5. The van der Waals surface area contributed by atoms with Crippen molar-refractivity contribution in [3.8, 4) is 16.9 Å². The van der Waals surface area contributed by atoms with Crippen LogP contribution in [-0.2, 0) is 0 Å². The van der Waals surface area contributed by atoms with E-state index in [0.29, 0.717) is 0 Å². The lowest BCUT2D eigenvalue weighted by Crippen LogP contribution is -2.15. The minimum Gasteiger partial charge on any atom is -0.460 e. The SMILES string of the molecule is C1=CC(NC2=CC=C(C3=CC(c4ccccc4)=C4Oc5ccc(-c6ccccc6)cc5C4C3)CC2)=CCC1. The molecule has 1 unspecified atom stereocenters. The zero-order valence-corrected chi connectivity index (χ0v) is 21.5. The lowest BCUT2D eigenvalue weighted by molar-refractivity contribution is 0.427. The molecule has 7 rings (SSSR count). The van der Waals surface area contributed by atoms with Crippen molar-refractivity contribution < 1.29 is 4.74 Å². The fourth-order valence-electron chi connectivity index (χ4n) is 5.99.